The van der Waals surface area contributed by atoms with Gasteiger partial charge in [0.2, 0.25) is 0 Å². The van der Waals surface area contributed by atoms with Gasteiger partial charge in [-0.1, -0.05) is 13.3 Å². The van der Waals surface area contributed by atoms with Crippen molar-refractivity contribution in [1.82, 2.24) is 0 Å². The maximum atomic E-state index is 11.9. The van der Waals surface area contributed by atoms with Crippen molar-refractivity contribution in [2.24, 2.45) is 0 Å². The number of carboxylic acid groups (broad SMARTS) is 1. The normalized spacial score (nSPS) is 10.8. The average molecular weight is 290 g/mol. The van der Waals surface area contributed by atoms with Gasteiger partial charge in [0, 0.05) is 11.5 Å². The van der Waals surface area contributed by atoms with Crippen molar-refractivity contribution < 1.29 is 19.1 Å². The molecule has 112 valence electrons. The van der Waals surface area contributed by atoms with E-state index >= 15 is 0 Å². The van der Waals surface area contributed by atoms with Gasteiger partial charge in [-0.2, -0.15) is 0 Å². The maximum Gasteiger partial charge on any atom is 0.340 e. The van der Waals surface area contributed by atoms with Gasteiger partial charge < -0.3 is 14.3 Å². The lowest BCUT2D eigenvalue weighted by Crippen LogP contribution is -2.14. The van der Waals surface area contributed by atoms with Gasteiger partial charge in [-0.05, 0) is 31.0 Å². The molecule has 1 aromatic carbocycles. The number of aryl methyl sites for hydroxylation is 1. The Bertz CT molecular complexity index is 714. The van der Waals surface area contributed by atoms with E-state index in [1.54, 1.807) is 25.1 Å². The van der Waals surface area contributed by atoms with Crippen molar-refractivity contribution in [2.75, 3.05) is 6.61 Å². The van der Waals surface area contributed by atoms with E-state index in [9.17, 15) is 9.59 Å². The maximum absolute atomic E-state index is 11.9. The molecule has 1 aromatic heterocycles. The first-order valence-corrected chi connectivity index (χ1v) is 6.94. The number of aliphatic carboxylic acids is 1. The minimum absolute atomic E-state index is 0.189. The summed E-state index contributed by atoms with van der Waals surface area (Å²) in [7, 11) is 0. The van der Waals surface area contributed by atoms with E-state index < -0.39 is 11.6 Å². The number of ether oxygens (including phenoxy) is 1. The lowest BCUT2D eigenvalue weighted by molar-refractivity contribution is -0.136. The standard InChI is InChI=1S/C16H18O5/c1-3-4-7-20-11-5-6-12-10(2)13(9-15(17)18)16(19)21-14(12)8-11/h5-6,8H,3-4,7,9H2,1-2H3,(H,17,18). The van der Waals surface area contributed by atoms with Crippen molar-refractivity contribution >= 4 is 16.9 Å². The van der Waals surface area contributed by atoms with Gasteiger partial charge in [-0.15, -0.1) is 0 Å². The first kappa shape index (κ1) is 15.1. The first-order chi connectivity index (χ1) is 10.0. The molecule has 2 aromatic rings. The Labute approximate surface area is 122 Å². The van der Waals surface area contributed by atoms with Crippen LogP contribution in [0.5, 0.6) is 5.75 Å². The highest BCUT2D eigenvalue weighted by atomic mass is 16.5. The number of rotatable bonds is 6. The lowest BCUT2D eigenvalue weighted by atomic mass is 10.0. The highest BCUT2D eigenvalue weighted by molar-refractivity contribution is 5.83. The molecule has 21 heavy (non-hydrogen) atoms. The molecule has 0 unspecified atom stereocenters. The number of fused-ring (bicyclic) bond motifs is 1. The molecule has 0 aliphatic rings. The fourth-order valence-corrected chi connectivity index (χ4v) is 2.15. The van der Waals surface area contributed by atoms with Gasteiger partial charge in [0.25, 0.3) is 0 Å². The zero-order valence-corrected chi connectivity index (χ0v) is 12.1. The number of carbonyl (C=O) groups is 1. The van der Waals surface area contributed by atoms with E-state index in [1.807, 2.05) is 0 Å². The zero-order valence-electron chi connectivity index (χ0n) is 12.1. The van der Waals surface area contributed by atoms with Crippen molar-refractivity contribution in [3.05, 3.63) is 39.7 Å². The molecule has 0 saturated carbocycles. The molecule has 1 N–H and O–H groups in total. The smallest absolute Gasteiger partial charge is 0.340 e. The quantitative estimate of drug-likeness (QED) is 0.654. The third-order valence-electron chi connectivity index (χ3n) is 3.35. The third-order valence-corrected chi connectivity index (χ3v) is 3.35. The molecule has 0 bridgehead atoms. The Balaban J connectivity index is 2.41. The molecule has 0 aliphatic heterocycles. The van der Waals surface area contributed by atoms with Gasteiger partial charge in [-0.3, -0.25) is 4.79 Å². The van der Waals surface area contributed by atoms with Gasteiger partial charge in [0.15, 0.2) is 0 Å². The van der Waals surface area contributed by atoms with Crippen molar-refractivity contribution in [3.63, 3.8) is 0 Å². The molecular weight excluding hydrogens is 272 g/mol. The predicted molar refractivity (Wildman–Crippen MR) is 79.0 cm³/mol. The highest BCUT2D eigenvalue weighted by Crippen LogP contribution is 2.24. The second-order valence-corrected chi connectivity index (χ2v) is 4.92. The fourth-order valence-electron chi connectivity index (χ4n) is 2.15. The van der Waals surface area contributed by atoms with Gasteiger partial charge in [0.1, 0.15) is 11.3 Å². The summed E-state index contributed by atoms with van der Waals surface area (Å²) in [5, 5.41) is 9.58. The lowest BCUT2D eigenvalue weighted by Gasteiger charge is -2.09. The van der Waals surface area contributed by atoms with Crippen LogP contribution in [0.25, 0.3) is 11.0 Å². The van der Waals surface area contributed by atoms with Crippen LogP contribution in [-0.4, -0.2) is 17.7 Å². The number of hydrogen-bond donors (Lipinski definition) is 1. The largest absolute Gasteiger partial charge is 0.493 e. The summed E-state index contributed by atoms with van der Waals surface area (Å²) < 4.78 is 10.8. The van der Waals surface area contributed by atoms with Crippen LogP contribution in [0.4, 0.5) is 0 Å². The highest BCUT2D eigenvalue weighted by Gasteiger charge is 2.14. The van der Waals surface area contributed by atoms with Crippen LogP contribution in [0.2, 0.25) is 0 Å². The predicted octanol–water partition coefficient (Wildman–Crippen LogP) is 2.91. The Morgan fingerprint density at radius 1 is 1.38 bits per heavy atom. The van der Waals surface area contributed by atoms with E-state index in [0.717, 1.165) is 18.2 Å². The molecule has 5 heteroatoms. The minimum atomic E-state index is -1.05. The van der Waals surface area contributed by atoms with Crippen LogP contribution in [0.1, 0.15) is 30.9 Å². The average Bonchev–Trinajstić information content (AvgIpc) is 2.43. The van der Waals surface area contributed by atoms with E-state index in [0.29, 0.717) is 23.5 Å². The van der Waals surface area contributed by atoms with Crippen molar-refractivity contribution in [2.45, 2.75) is 33.1 Å². The van der Waals surface area contributed by atoms with Gasteiger partial charge in [-0.25, -0.2) is 4.79 Å². The third kappa shape index (κ3) is 3.42. The van der Waals surface area contributed by atoms with E-state index in [2.05, 4.69) is 6.92 Å². The molecule has 0 amide bonds. The molecule has 0 radical (unpaired) electrons. The topological polar surface area (TPSA) is 76.7 Å². The SMILES string of the molecule is CCCCOc1ccc2c(C)c(CC(=O)O)c(=O)oc2c1. The monoisotopic (exact) mass is 290 g/mol. The van der Waals surface area contributed by atoms with Crippen LogP contribution in [0, 0.1) is 6.92 Å². The van der Waals surface area contributed by atoms with Crippen LogP contribution in [0.3, 0.4) is 0 Å². The summed E-state index contributed by atoms with van der Waals surface area (Å²) in [5.74, 6) is -0.409. The summed E-state index contributed by atoms with van der Waals surface area (Å²) in [6, 6.07) is 5.26. The van der Waals surface area contributed by atoms with Crippen LogP contribution in [0.15, 0.2) is 27.4 Å². The first-order valence-electron chi connectivity index (χ1n) is 6.94. The van der Waals surface area contributed by atoms with Gasteiger partial charge in [0.05, 0.1) is 18.6 Å². The summed E-state index contributed by atoms with van der Waals surface area (Å²) in [6.07, 6.45) is 1.66. The van der Waals surface area contributed by atoms with Gasteiger partial charge >= 0.3 is 11.6 Å². The van der Waals surface area contributed by atoms with Crippen LogP contribution in [-0.2, 0) is 11.2 Å². The summed E-state index contributed by atoms with van der Waals surface area (Å²) in [6.45, 7) is 4.42. The number of unbranched alkanes of at least 4 members (excludes halogenated alkanes) is 1. The Kier molecular flexibility index (Phi) is 4.62. The molecule has 0 aliphatic carbocycles. The molecule has 0 atom stereocenters. The molecule has 5 nitrogen and oxygen atoms in total. The van der Waals surface area contributed by atoms with Crippen LogP contribution >= 0.6 is 0 Å². The second kappa shape index (κ2) is 6.43. The molecular formula is C16H18O5. The number of hydrogen-bond acceptors (Lipinski definition) is 4. The van der Waals surface area contributed by atoms with Crippen molar-refractivity contribution in [1.29, 1.82) is 0 Å². The van der Waals surface area contributed by atoms with E-state index in [-0.39, 0.29) is 12.0 Å². The van der Waals surface area contributed by atoms with E-state index in [4.69, 9.17) is 14.3 Å². The minimum Gasteiger partial charge on any atom is -0.493 e. The fraction of sp³-hybridized carbons (Fsp3) is 0.375. The van der Waals surface area contributed by atoms with E-state index in [1.165, 1.54) is 0 Å². The Morgan fingerprint density at radius 3 is 2.81 bits per heavy atom. The summed E-state index contributed by atoms with van der Waals surface area (Å²) in [4.78, 5) is 22.7. The number of carboxylic acids is 1. The molecule has 0 saturated heterocycles. The Hall–Kier alpha value is -2.30. The molecule has 1 heterocycles. The van der Waals surface area contributed by atoms with Crippen LogP contribution < -0.4 is 10.4 Å². The summed E-state index contributed by atoms with van der Waals surface area (Å²) >= 11 is 0. The van der Waals surface area contributed by atoms with Crippen molar-refractivity contribution in [3.8, 4) is 5.75 Å². The zero-order chi connectivity index (χ0) is 15.4. The molecule has 0 spiro atoms. The summed E-state index contributed by atoms with van der Waals surface area (Å²) in [5.41, 5.74) is 0.646. The number of benzene rings is 1. The second-order valence-electron chi connectivity index (χ2n) is 4.92. The Morgan fingerprint density at radius 2 is 2.14 bits per heavy atom. The molecule has 2 rings (SSSR count). The molecule has 0 fully saturated rings.